The number of cyclic esters (lactones) is 1. The Balaban J connectivity index is 1.21. The predicted octanol–water partition coefficient (Wildman–Crippen LogP) is 2.95. The lowest BCUT2D eigenvalue weighted by Crippen LogP contribution is -2.37. The lowest BCUT2D eigenvalue weighted by atomic mass is 9.91. The molecule has 2 aromatic heterocycles. The van der Waals surface area contributed by atoms with Crippen LogP contribution in [0, 0.1) is 5.92 Å². The van der Waals surface area contributed by atoms with Gasteiger partial charge >= 0.3 is 6.09 Å². The molecular weight excluding hydrogens is 492 g/mol. The second-order valence-corrected chi connectivity index (χ2v) is 10.4. The molecule has 3 aliphatic rings. The molecule has 2 amide bonds. The van der Waals surface area contributed by atoms with Gasteiger partial charge in [0, 0.05) is 35.4 Å². The van der Waals surface area contributed by atoms with E-state index in [1.165, 1.54) is 11.8 Å². The summed E-state index contributed by atoms with van der Waals surface area (Å²) < 4.78 is 11.1. The Kier molecular flexibility index (Phi) is 6.58. The van der Waals surface area contributed by atoms with Crippen molar-refractivity contribution in [2.45, 2.75) is 23.5 Å². The molecule has 0 saturated carbocycles. The number of anilines is 2. The van der Waals surface area contributed by atoms with E-state index in [9.17, 15) is 9.59 Å². The SMILES string of the molecule is COc1ccc2nccc([C@@H](NCC3CN(c4ccc5c(c4)NC(=O)CS5)C(=O)O3)C3CCNC3)c2n1. The maximum atomic E-state index is 12.8. The Bertz CT molecular complexity index is 1350. The second kappa shape index (κ2) is 10.2. The van der Waals surface area contributed by atoms with Crippen molar-refractivity contribution >= 4 is 46.2 Å². The van der Waals surface area contributed by atoms with E-state index in [1.807, 2.05) is 42.6 Å². The first-order valence-corrected chi connectivity index (χ1v) is 13.4. The van der Waals surface area contributed by atoms with Crippen molar-refractivity contribution in [1.29, 1.82) is 0 Å². The highest BCUT2D eigenvalue weighted by Gasteiger charge is 2.35. The Morgan fingerprint density at radius 3 is 3.03 bits per heavy atom. The number of benzene rings is 1. The smallest absolute Gasteiger partial charge is 0.414 e. The molecule has 3 aromatic rings. The summed E-state index contributed by atoms with van der Waals surface area (Å²) in [6, 6.07) is 11.4. The molecule has 1 aromatic carbocycles. The Hall–Kier alpha value is -3.41. The zero-order chi connectivity index (χ0) is 25.4. The van der Waals surface area contributed by atoms with Crippen molar-refractivity contribution in [1.82, 2.24) is 20.6 Å². The topological polar surface area (TPSA) is 118 Å². The van der Waals surface area contributed by atoms with Gasteiger partial charge in [0.15, 0.2) is 0 Å². The third kappa shape index (κ3) is 4.81. The van der Waals surface area contributed by atoms with Gasteiger partial charge in [-0.25, -0.2) is 9.78 Å². The zero-order valence-electron chi connectivity index (χ0n) is 20.4. The van der Waals surface area contributed by atoms with E-state index in [0.717, 1.165) is 46.7 Å². The quantitative estimate of drug-likeness (QED) is 0.432. The van der Waals surface area contributed by atoms with Crippen LogP contribution in [0.15, 0.2) is 47.5 Å². The molecule has 3 N–H and O–H groups in total. The highest BCUT2D eigenvalue weighted by atomic mass is 32.2. The van der Waals surface area contributed by atoms with Gasteiger partial charge in [-0.2, -0.15) is 0 Å². The van der Waals surface area contributed by atoms with Crippen molar-refractivity contribution in [2.24, 2.45) is 5.92 Å². The first-order chi connectivity index (χ1) is 18.1. The molecular formula is C26H28N6O4S. The maximum Gasteiger partial charge on any atom is 0.414 e. The molecule has 0 radical (unpaired) electrons. The summed E-state index contributed by atoms with van der Waals surface area (Å²) in [5, 5.41) is 10.0. The van der Waals surface area contributed by atoms with Gasteiger partial charge < -0.3 is 25.4 Å². The average Bonchev–Trinajstić information content (AvgIpc) is 3.58. The number of amides is 2. The summed E-state index contributed by atoms with van der Waals surface area (Å²) in [5.41, 5.74) is 4.12. The van der Waals surface area contributed by atoms with Crippen molar-refractivity contribution in [3.8, 4) is 5.88 Å². The van der Waals surface area contributed by atoms with Crippen LogP contribution < -0.4 is 25.6 Å². The summed E-state index contributed by atoms with van der Waals surface area (Å²) in [5.74, 6) is 1.26. The number of methoxy groups -OCH3 is 1. The largest absolute Gasteiger partial charge is 0.481 e. The minimum Gasteiger partial charge on any atom is -0.481 e. The fourth-order valence-corrected chi connectivity index (χ4v) is 6.01. The van der Waals surface area contributed by atoms with Crippen LogP contribution in [0.1, 0.15) is 18.0 Å². The Labute approximate surface area is 218 Å². The molecule has 0 aliphatic carbocycles. The normalized spacial score (nSPS) is 22.0. The fraction of sp³-hybridized carbons (Fsp3) is 0.385. The minimum atomic E-state index is -0.388. The molecule has 10 nitrogen and oxygen atoms in total. The van der Waals surface area contributed by atoms with Gasteiger partial charge in [0.05, 0.1) is 36.1 Å². The van der Waals surface area contributed by atoms with Crippen molar-refractivity contribution in [3.05, 3.63) is 48.2 Å². The molecule has 0 bridgehead atoms. The van der Waals surface area contributed by atoms with Crippen LogP contribution >= 0.6 is 11.8 Å². The van der Waals surface area contributed by atoms with Crippen molar-refractivity contribution in [3.63, 3.8) is 0 Å². The number of ether oxygens (including phenoxy) is 2. The van der Waals surface area contributed by atoms with Gasteiger partial charge in [-0.05, 0) is 61.3 Å². The molecule has 11 heteroatoms. The third-order valence-electron chi connectivity index (χ3n) is 7.05. The molecule has 3 atom stereocenters. The molecule has 2 fully saturated rings. The molecule has 0 spiro atoms. The predicted molar refractivity (Wildman–Crippen MR) is 141 cm³/mol. The van der Waals surface area contributed by atoms with Crippen LogP contribution in [-0.2, 0) is 9.53 Å². The highest BCUT2D eigenvalue weighted by Crippen LogP contribution is 2.36. The average molecular weight is 521 g/mol. The van der Waals surface area contributed by atoms with Crippen LogP contribution in [0.5, 0.6) is 5.88 Å². The van der Waals surface area contributed by atoms with Crippen molar-refractivity contribution < 1.29 is 19.1 Å². The lowest BCUT2D eigenvalue weighted by Gasteiger charge is -2.26. The highest BCUT2D eigenvalue weighted by molar-refractivity contribution is 8.00. The molecule has 37 heavy (non-hydrogen) atoms. The molecule has 3 aliphatic heterocycles. The number of aromatic nitrogens is 2. The number of nitrogens with one attached hydrogen (secondary N) is 3. The first kappa shape index (κ1) is 24.0. The standard InChI is InChI=1S/C26H28N6O4S/c1-35-23-5-3-19-25(31-23)18(7-9-28-19)24(15-6-8-27-11-15)29-12-17-13-32(26(34)36-17)16-2-4-21-20(10-16)30-22(33)14-37-21/h2-5,7,9-10,15,17,24,27,29H,6,8,11-14H2,1H3,(H,30,33)/t15?,17?,24-/m0/s1. The van der Waals surface area contributed by atoms with E-state index in [1.54, 1.807) is 12.0 Å². The number of hydrogen-bond donors (Lipinski definition) is 3. The minimum absolute atomic E-state index is 0.00356. The van der Waals surface area contributed by atoms with E-state index < -0.39 is 0 Å². The number of hydrogen-bond acceptors (Lipinski definition) is 9. The van der Waals surface area contributed by atoms with Gasteiger partial charge in [-0.3, -0.25) is 14.7 Å². The number of thioether (sulfide) groups is 1. The first-order valence-electron chi connectivity index (χ1n) is 12.4. The van der Waals surface area contributed by atoms with E-state index in [2.05, 4.69) is 20.9 Å². The summed E-state index contributed by atoms with van der Waals surface area (Å²) >= 11 is 1.49. The maximum absolute atomic E-state index is 12.8. The van der Waals surface area contributed by atoms with Gasteiger partial charge in [0.2, 0.25) is 11.8 Å². The fourth-order valence-electron chi connectivity index (χ4n) is 5.22. The van der Waals surface area contributed by atoms with Gasteiger partial charge in [0.1, 0.15) is 6.10 Å². The molecule has 5 heterocycles. The van der Waals surface area contributed by atoms with Gasteiger partial charge in [0.25, 0.3) is 0 Å². The zero-order valence-corrected chi connectivity index (χ0v) is 21.2. The number of nitrogens with zero attached hydrogens (tertiary/aromatic N) is 3. The molecule has 2 saturated heterocycles. The van der Waals surface area contributed by atoms with E-state index in [0.29, 0.717) is 36.3 Å². The number of carbonyl (C=O) groups is 2. The number of rotatable bonds is 7. The Morgan fingerprint density at radius 2 is 2.19 bits per heavy atom. The monoisotopic (exact) mass is 520 g/mol. The number of carbonyl (C=O) groups excluding carboxylic acids is 2. The molecule has 192 valence electrons. The summed E-state index contributed by atoms with van der Waals surface area (Å²) in [7, 11) is 1.61. The number of fused-ring (bicyclic) bond motifs is 2. The Morgan fingerprint density at radius 1 is 1.27 bits per heavy atom. The van der Waals surface area contributed by atoms with Crippen LogP contribution in [0.3, 0.4) is 0 Å². The van der Waals surface area contributed by atoms with E-state index in [4.69, 9.17) is 14.5 Å². The van der Waals surface area contributed by atoms with Crippen LogP contribution in [-0.4, -0.2) is 67.1 Å². The van der Waals surface area contributed by atoms with E-state index in [-0.39, 0.29) is 24.1 Å². The van der Waals surface area contributed by atoms with E-state index >= 15 is 0 Å². The summed E-state index contributed by atoms with van der Waals surface area (Å²) in [6.07, 6.45) is 2.13. The number of pyridine rings is 2. The second-order valence-electron chi connectivity index (χ2n) is 9.39. The van der Waals surface area contributed by atoms with Crippen LogP contribution in [0.2, 0.25) is 0 Å². The molecule has 2 unspecified atom stereocenters. The molecule has 6 rings (SSSR count). The van der Waals surface area contributed by atoms with Gasteiger partial charge in [-0.15, -0.1) is 11.8 Å². The van der Waals surface area contributed by atoms with Crippen LogP contribution in [0.4, 0.5) is 16.2 Å². The van der Waals surface area contributed by atoms with Crippen LogP contribution in [0.25, 0.3) is 11.0 Å². The van der Waals surface area contributed by atoms with Gasteiger partial charge in [-0.1, -0.05) is 0 Å². The third-order valence-corrected chi connectivity index (χ3v) is 8.12. The summed E-state index contributed by atoms with van der Waals surface area (Å²) in [6.45, 7) is 2.77. The lowest BCUT2D eigenvalue weighted by molar-refractivity contribution is -0.113. The summed E-state index contributed by atoms with van der Waals surface area (Å²) in [4.78, 5) is 36.4. The van der Waals surface area contributed by atoms with Crippen molar-refractivity contribution in [2.75, 3.05) is 49.3 Å².